The van der Waals surface area contributed by atoms with Crippen LogP contribution >= 0.6 is 0 Å². The Morgan fingerprint density at radius 1 is 1.00 bits per heavy atom. The molecule has 0 saturated heterocycles. The minimum absolute atomic E-state index is 0. The average molecular weight is 300 g/mol. The Morgan fingerprint density at radius 3 is 2.00 bits per heavy atom. The van der Waals surface area contributed by atoms with Crippen molar-refractivity contribution < 1.29 is 26.2 Å². The van der Waals surface area contributed by atoms with Gasteiger partial charge in [0.05, 0.1) is 0 Å². The van der Waals surface area contributed by atoms with Gasteiger partial charge in [-0.1, -0.05) is 32.6 Å². The van der Waals surface area contributed by atoms with Gasteiger partial charge in [-0.3, -0.25) is 0 Å². The maximum atomic E-state index is 8.37. The summed E-state index contributed by atoms with van der Waals surface area (Å²) in [5.41, 5.74) is 0. The van der Waals surface area contributed by atoms with Crippen LogP contribution in [-0.2, 0) is 21.1 Å². The summed E-state index contributed by atoms with van der Waals surface area (Å²) in [7, 11) is 0. The van der Waals surface area contributed by atoms with Gasteiger partial charge < -0.3 is 5.11 Å². The van der Waals surface area contributed by atoms with E-state index >= 15 is 0 Å². The molecule has 56 valence electrons. The maximum Gasteiger partial charge on any atom is 0.0431 e. The van der Waals surface area contributed by atoms with Gasteiger partial charge in [-0.2, -0.15) is 0 Å². The van der Waals surface area contributed by atoms with Gasteiger partial charge in [-0.15, -0.1) is 0 Å². The third-order valence-electron chi connectivity index (χ3n) is 1.26. The molecule has 0 aromatic carbocycles. The van der Waals surface area contributed by atoms with Crippen LogP contribution in [0.4, 0.5) is 0 Å². The summed E-state index contributed by atoms with van der Waals surface area (Å²) in [5.74, 6) is 0. The Morgan fingerprint density at radius 2 is 1.56 bits per heavy atom. The van der Waals surface area contributed by atoms with Gasteiger partial charge in [0.15, 0.2) is 0 Å². The first kappa shape index (κ1) is 12.3. The van der Waals surface area contributed by atoms with Crippen LogP contribution in [0.15, 0.2) is 0 Å². The van der Waals surface area contributed by atoms with Gasteiger partial charge in [0.1, 0.15) is 0 Å². The first-order valence-corrected chi connectivity index (χ1v) is 3.52. The Balaban J connectivity index is 0. The number of hydrogen-bond acceptors (Lipinski definition) is 1. The van der Waals surface area contributed by atoms with E-state index in [0.717, 1.165) is 6.42 Å². The monoisotopic (exact) mass is 300 g/mol. The third-order valence-corrected chi connectivity index (χ3v) is 1.26. The van der Waals surface area contributed by atoms with Crippen molar-refractivity contribution in [1.29, 1.82) is 0 Å². The molecule has 0 amide bonds. The van der Waals surface area contributed by atoms with Crippen LogP contribution < -0.4 is 0 Å². The van der Waals surface area contributed by atoms with Crippen molar-refractivity contribution in [2.24, 2.45) is 0 Å². The van der Waals surface area contributed by atoms with Gasteiger partial charge in [0.2, 0.25) is 0 Å². The van der Waals surface area contributed by atoms with Crippen LogP contribution in [0.3, 0.4) is 0 Å². The van der Waals surface area contributed by atoms with E-state index in [2.05, 4.69) is 6.92 Å². The fraction of sp³-hybridized carbons (Fsp3) is 1.00. The van der Waals surface area contributed by atoms with Crippen molar-refractivity contribution in [3.05, 3.63) is 0 Å². The van der Waals surface area contributed by atoms with Gasteiger partial charge in [-0.25, -0.2) is 0 Å². The number of rotatable bonds is 5. The molecule has 0 aliphatic rings. The first-order valence-electron chi connectivity index (χ1n) is 3.52. The SMILES string of the molecule is CCCCCCCO.[W]. The van der Waals surface area contributed by atoms with Crippen molar-refractivity contribution in [2.75, 3.05) is 6.61 Å². The summed E-state index contributed by atoms with van der Waals surface area (Å²) < 4.78 is 0. The Hall–Kier alpha value is 0.648. The molecule has 0 unspecified atom stereocenters. The molecule has 2 heteroatoms. The maximum absolute atomic E-state index is 8.37. The third kappa shape index (κ3) is 12.0. The second-order valence-corrected chi connectivity index (χ2v) is 2.14. The topological polar surface area (TPSA) is 20.2 Å². The van der Waals surface area contributed by atoms with Gasteiger partial charge in [0, 0.05) is 27.7 Å². The molecule has 1 N–H and O–H groups in total. The molecule has 0 aliphatic heterocycles. The largest absolute Gasteiger partial charge is 0.396 e. The Bertz CT molecular complexity index is 33.9. The minimum atomic E-state index is 0. The molecule has 0 spiro atoms. The summed E-state index contributed by atoms with van der Waals surface area (Å²) in [6.07, 6.45) is 6.08. The summed E-state index contributed by atoms with van der Waals surface area (Å²) in [6, 6.07) is 0. The molecule has 0 aliphatic carbocycles. The average Bonchev–Trinajstić information content (AvgIpc) is 1.81. The zero-order valence-electron chi connectivity index (χ0n) is 6.10. The van der Waals surface area contributed by atoms with Crippen LogP contribution in [0.2, 0.25) is 0 Å². The molecule has 0 bridgehead atoms. The Kier molecular flexibility index (Phi) is 15.7. The zero-order valence-corrected chi connectivity index (χ0v) is 9.03. The molecule has 0 atom stereocenters. The Labute approximate surface area is 72.1 Å². The summed E-state index contributed by atoms with van der Waals surface area (Å²) >= 11 is 0. The summed E-state index contributed by atoms with van der Waals surface area (Å²) in [5, 5.41) is 8.37. The van der Waals surface area contributed by atoms with Gasteiger partial charge in [-0.05, 0) is 6.42 Å². The molecule has 9 heavy (non-hydrogen) atoms. The van der Waals surface area contributed by atoms with Crippen LogP contribution in [0.25, 0.3) is 0 Å². The van der Waals surface area contributed by atoms with E-state index in [1.54, 1.807) is 0 Å². The summed E-state index contributed by atoms with van der Waals surface area (Å²) in [4.78, 5) is 0. The van der Waals surface area contributed by atoms with E-state index < -0.39 is 0 Å². The molecule has 0 aromatic heterocycles. The van der Waals surface area contributed by atoms with Gasteiger partial charge in [0.25, 0.3) is 0 Å². The molecule has 0 rings (SSSR count). The molecule has 0 radical (unpaired) electrons. The van der Waals surface area contributed by atoms with Gasteiger partial charge >= 0.3 is 0 Å². The fourth-order valence-electron chi connectivity index (χ4n) is 0.715. The number of aliphatic hydroxyl groups is 1. The predicted octanol–water partition coefficient (Wildman–Crippen LogP) is 1.95. The molecular formula is C7H16OW. The van der Waals surface area contributed by atoms with E-state index in [4.69, 9.17) is 5.11 Å². The quantitative estimate of drug-likeness (QED) is 0.770. The van der Waals surface area contributed by atoms with Crippen molar-refractivity contribution in [2.45, 2.75) is 39.0 Å². The van der Waals surface area contributed by atoms with Crippen LogP contribution in [0.1, 0.15) is 39.0 Å². The molecular weight excluding hydrogens is 284 g/mol. The van der Waals surface area contributed by atoms with Crippen molar-refractivity contribution in [3.63, 3.8) is 0 Å². The molecule has 0 heterocycles. The second kappa shape index (κ2) is 11.4. The van der Waals surface area contributed by atoms with E-state index in [-0.39, 0.29) is 21.1 Å². The zero-order chi connectivity index (χ0) is 6.24. The predicted molar refractivity (Wildman–Crippen MR) is 35.8 cm³/mol. The number of unbranched alkanes of at least 4 members (excludes halogenated alkanes) is 4. The smallest absolute Gasteiger partial charge is 0.0431 e. The van der Waals surface area contributed by atoms with E-state index in [1.165, 1.54) is 25.7 Å². The van der Waals surface area contributed by atoms with E-state index in [9.17, 15) is 0 Å². The summed E-state index contributed by atoms with van der Waals surface area (Å²) in [6.45, 7) is 2.56. The van der Waals surface area contributed by atoms with Crippen LogP contribution in [0.5, 0.6) is 0 Å². The first-order chi connectivity index (χ1) is 3.91. The number of hydrogen-bond donors (Lipinski definition) is 1. The van der Waals surface area contributed by atoms with E-state index in [0.29, 0.717) is 6.61 Å². The van der Waals surface area contributed by atoms with Crippen LogP contribution in [-0.4, -0.2) is 11.7 Å². The van der Waals surface area contributed by atoms with Crippen molar-refractivity contribution >= 4 is 0 Å². The molecule has 0 aromatic rings. The standard InChI is InChI=1S/C7H16O.W/c1-2-3-4-5-6-7-8;/h8H,2-7H2,1H3;. The van der Waals surface area contributed by atoms with E-state index in [1.807, 2.05) is 0 Å². The fourth-order valence-corrected chi connectivity index (χ4v) is 0.715. The van der Waals surface area contributed by atoms with Crippen molar-refractivity contribution in [3.8, 4) is 0 Å². The second-order valence-electron chi connectivity index (χ2n) is 2.14. The molecule has 0 fully saturated rings. The molecule has 1 nitrogen and oxygen atoms in total. The number of aliphatic hydroxyl groups excluding tert-OH is 1. The molecule has 0 saturated carbocycles. The normalized spacial score (nSPS) is 8.67. The van der Waals surface area contributed by atoms with Crippen molar-refractivity contribution in [1.82, 2.24) is 0 Å². The van der Waals surface area contributed by atoms with Crippen LogP contribution in [0, 0.1) is 0 Å². The minimum Gasteiger partial charge on any atom is -0.396 e.